The first-order chi connectivity index (χ1) is 8.59. The van der Waals surface area contributed by atoms with Crippen molar-refractivity contribution >= 4 is 11.7 Å². The van der Waals surface area contributed by atoms with E-state index in [1.54, 1.807) is 19.0 Å². The summed E-state index contributed by atoms with van der Waals surface area (Å²) in [6, 6.07) is 9.81. The van der Waals surface area contributed by atoms with Gasteiger partial charge in [0.2, 0.25) is 0 Å². The van der Waals surface area contributed by atoms with Crippen LogP contribution in [0.25, 0.3) is 0 Å². The Hall–Kier alpha value is -2.30. The fourth-order valence-corrected chi connectivity index (χ4v) is 1.75. The van der Waals surface area contributed by atoms with Crippen LogP contribution in [0.5, 0.6) is 0 Å². The number of rotatable bonds is 3. The van der Waals surface area contributed by atoms with Crippen LogP contribution in [-0.2, 0) is 13.6 Å². The van der Waals surface area contributed by atoms with Crippen LogP contribution in [0.15, 0.2) is 36.5 Å². The van der Waals surface area contributed by atoms with Gasteiger partial charge in [-0.1, -0.05) is 30.3 Å². The molecule has 1 aromatic heterocycles. The van der Waals surface area contributed by atoms with Gasteiger partial charge in [-0.3, -0.25) is 9.48 Å². The number of aromatic nitrogens is 2. The molecular formula is C13H16N4O. The van der Waals surface area contributed by atoms with Crippen LogP contribution in [0.4, 0.5) is 5.82 Å². The minimum Gasteiger partial charge on any atom is -0.383 e. The molecule has 0 saturated heterocycles. The summed E-state index contributed by atoms with van der Waals surface area (Å²) < 4.78 is 1.49. The molecule has 0 radical (unpaired) electrons. The van der Waals surface area contributed by atoms with Crippen molar-refractivity contribution < 1.29 is 4.79 Å². The lowest BCUT2D eigenvalue weighted by Gasteiger charge is -2.16. The molecule has 0 spiro atoms. The molecule has 0 atom stereocenters. The number of nitrogens with zero attached hydrogens (tertiary/aromatic N) is 3. The summed E-state index contributed by atoms with van der Waals surface area (Å²) in [6.45, 7) is 0.550. The molecule has 0 aliphatic rings. The molecule has 0 bridgehead atoms. The Balaban J connectivity index is 2.12. The van der Waals surface area contributed by atoms with E-state index in [1.165, 1.54) is 10.9 Å². The van der Waals surface area contributed by atoms with Crippen LogP contribution in [0, 0.1) is 0 Å². The molecule has 0 saturated carbocycles. The smallest absolute Gasteiger partial charge is 0.259 e. The Morgan fingerprint density at radius 3 is 2.61 bits per heavy atom. The van der Waals surface area contributed by atoms with E-state index in [9.17, 15) is 4.79 Å². The lowest BCUT2D eigenvalue weighted by atomic mass is 10.2. The Morgan fingerprint density at radius 2 is 2.06 bits per heavy atom. The van der Waals surface area contributed by atoms with Crippen molar-refractivity contribution in [1.29, 1.82) is 0 Å². The van der Waals surface area contributed by atoms with Gasteiger partial charge in [-0.05, 0) is 5.56 Å². The van der Waals surface area contributed by atoms with E-state index in [4.69, 9.17) is 5.73 Å². The topological polar surface area (TPSA) is 64.2 Å². The molecule has 5 heteroatoms. The number of aryl methyl sites for hydroxylation is 1. The van der Waals surface area contributed by atoms with Crippen molar-refractivity contribution in [3.8, 4) is 0 Å². The van der Waals surface area contributed by atoms with Crippen molar-refractivity contribution in [3.05, 3.63) is 47.7 Å². The third-order valence-corrected chi connectivity index (χ3v) is 2.82. The van der Waals surface area contributed by atoms with Gasteiger partial charge >= 0.3 is 0 Å². The van der Waals surface area contributed by atoms with E-state index in [-0.39, 0.29) is 5.91 Å². The van der Waals surface area contributed by atoms with Gasteiger partial charge in [0.1, 0.15) is 11.4 Å². The number of nitrogens with two attached hydrogens (primary N) is 1. The van der Waals surface area contributed by atoms with E-state index in [2.05, 4.69) is 5.10 Å². The molecule has 0 aliphatic heterocycles. The normalized spacial score (nSPS) is 10.3. The number of hydrogen-bond donors (Lipinski definition) is 1. The maximum absolute atomic E-state index is 12.2. The van der Waals surface area contributed by atoms with Gasteiger partial charge in [-0.25, -0.2) is 0 Å². The van der Waals surface area contributed by atoms with Gasteiger partial charge in [0.05, 0.1) is 6.20 Å². The number of carbonyl (C=O) groups excluding carboxylic acids is 1. The lowest BCUT2D eigenvalue weighted by Crippen LogP contribution is -2.26. The number of amides is 1. The van der Waals surface area contributed by atoms with Crippen molar-refractivity contribution in [3.63, 3.8) is 0 Å². The Bertz CT molecular complexity index is 547. The highest BCUT2D eigenvalue weighted by atomic mass is 16.2. The lowest BCUT2D eigenvalue weighted by molar-refractivity contribution is 0.0786. The van der Waals surface area contributed by atoms with E-state index in [1.807, 2.05) is 30.3 Å². The Morgan fingerprint density at radius 1 is 1.39 bits per heavy atom. The van der Waals surface area contributed by atoms with Gasteiger partial charge in [0.25, 0.3) is 5.91 Å². The Labute approximate surface area is 106 Å². The molecule has 0 unspecified atom stereocenters. The summed E-state index contributed by atoms with van der Waals surface area (Å²) in [6.07, 6.45) is 1.50. The molecule has 2 aromatic rings. The summed E-state index contributed by atoms with van der Waals surface area (Å²) in [5.74, 6) is 0.268. The second kappa shape index (κ2) is 4.91. The van der Waals surface area contributed by atoms with E-state index in [0.29, 0.717) is 17.9 Å². The molecule has 0 aliphatic carbocycles. The minimum absolute atomic E-state index is 0.121. The zero-order valence-corrected chi connectivity index (χ0v) is 10.5. The number of nitrogen functional groups attached to an aromatic ring is 1. The molecule has 1 amide bonds. The highest BCUT2D eigenvalue weighted by molar-refractivity contribution is 5.98. The monoisotopic (exact) mass is 244 g/mol. The number of hydrogen-bond acceptors (Lipinski definition) is 3. The summed E-state index contributed by atoms with van der Waals surface area (Å²) in [5.41, 5.74) is 7.31. The molecule has 2 rings (SSSR count). The van der Waals surface area contributed by atoms with Gasteiger partial charge in [-0.15, -0.1) is 0 Å². The molecule has 5 nitrogen and oxygen atoms in total. The van der Waals surface area contributed by atoms with Crippen LogP contribution in [0.3, 0.4) is 0 Å². The standard InChI is InChI=1S/C13H16N4O/c1-16(9-10-6-4-3-5-7-10)13(18)11-8-15-17(2)12(11)14/h3-8H,9,14H2,1-2H3. The highest BCUT2D eigenvalue weighted by Gasteiger charge is 2.17. The summed E-state index contributed by atoms with van der Waals surface area (Å²) in [5, 5.41) is 3.97. The molecule has 1 heterocycles. The molecule has 1 aromatic carbocycles. The van der Waals surface area contributed by atoms with Crippen LogP contribution in [0.1, 0.15) is 15.9 Å². The van der Waals surface area contributed by atoms with Crippen molar-refractivity contribution in [2.45, 2.75) is 6.54 Å². The minimum atomic E-state index is -0.121. The fraction of sp³-hybridized carbons (Fsp3) is 0.231. The second-order valence-corrected chi connectivity index (χ2v) is 4.21. The largest absolute Gasteiger partial charge is 0.383 e. The first-order valence-electron chi connectivity index (χ1n) is 5.66. The summed E-state index contributed by atoms with van der Waals surface area (Å²) in [4.78, 5) is 13.8. The van der Waals surface area contributed by atoms with Crippen LogP contribution in [-0.4, -0.2) is 27.6 Å². The van der Waals surface area contributed by atoms with Gasteiger partial charge in [-0.2, -0.15) is 5.10 Å². The number of carbonyl (C=O) groups is 1. The van der Waals surface area contributed by atoms with Crippen molar-refractivity contribution in [2.24, 2.45) is 7.05 Å². The van der Waals surface area contributed by atoms with Gasteiger partial charge in [0.15, 0.2) is 0 Å². The molecule has 0 fully saturated rings. The molecule has 2 N–H and O–H groups in total. The first kappa shape index (κ1) is 12.2. The second-order valence-electron chi connectivity index (χ2n) is 4.21. The third kappa shape index (κ3) is 2.34. The molecular weight excluding hydrogens is 228 g/mol. The van der Waals surface area contributed by atoms with Crippen LogP contribution in [0.2, 0.25) is 0 Å². The highest BCUT2D eigenvalue weighted by Crippen LogP contribution is 2.13. The predicted molar refractivity (Wildman–Crippen MR) is 69.9 cm³/mol. The zero-order valence-electron chi connectivity index (χ0n) is 10.5. The van der Waals surface area contributed by atoms with E-state index >= 15 is 0 Å². The quantitative estimate of drug-likeness (QED) is 0.884. The zero-order chi connectivity index (χ0) is 13.1. The van der Waals surface area contributed by atoms with Crippen molar-refractivity contribution in [1.82, 2.24) is 14.7 Å². The van der Waals surface area contributed by atoms with Gasteiger partial charge in [0, 0.05) is 20.6 Å². The third-order valence-electron chi connectivity index (χ3n) is 2.82. The van der Waals surface area contributed by atoms with Crippen LogP contribution < -0.4 is 5.73 Å². The average Bonchev–Trinajstić information content (AvgIpc) is 2.70. The number of benzene rings is 1. The Kier molecular flexibility index (Phi) is 3.32. The maximum atomic E-state index is 12.2. The average molecular weight is 244 g/mol. The fourth-order valence-electron chi connectivity index (χ4n) is 1.75. The molecule has 94 valence electrons. The van der Waals surface area contributed by atoms with E-state index < -0.39 is 0 Å². The van der Waals surface area contributed by atoms with E-state index in [0.717, 1.165) is 5.56 Å². The molecule has 18 heavy (non-hydrogen) atoms. The maximum Gasteiger partial charge on any atom is 0.259 e. The predicted octanol–water partition coefficient (Wildman–Crippen LogP) is 1.27. The van der Waals surface area contributed by atoms with Crippen molar-refractivity contribution in [2.75, 3.05) is 12.8 Å². The first-order valence-corrected chi connectivity index (χ1v) is 5.66. The SMILES string of the molecule is CN(Cc1ccccc1)C(=O)c1cnn(C)c1N. The summed E-state index contributed by atoms with van der Waals surface area (Å²) >= 11 is 0. The van der Waals surface area contributed by atoms with Gasteiger partial charge < -0.3 is 10.6 Å². The van der Waals surface area contributed by atoms with Crippen LogP contribution >= 0.6 is 0 Å². The summed E-state index contributed by atoms with van der Waals surface area (Å²) in [7, 11) is 3.46. The number of anilines is 1.